The Bertz CT molecular complexity index is 829. The van der Waals surface area contributed by atoms with Gasteiger partial charge in [-0.3, -0.25) is 14.5 Å². The first-order valence-electron chi connectivity index (χ1n) is 10.1. The maximum atomic E-state index is 13.0. The third-order valence-corrected chi connectivity index (χ3v) is 6.63. The van der Waals surface area contributed by atoms with Gasteiger partial charge in [-0.05, 0) is 43.7 Å². The molecule has 2 saturated heterocycles. The molecule has 29 heavy (non-hydrogen) atoms. The number of methoxy groups -OCH3 is 1. The number of piperidine rings is 2. The lowest BCUT2D eigenvalue weighted by molar-refractivity contribution is -0.150. The van der Waals surface area contributed by atoms with Crippen molar-refractivity contribution in [2.45, 2.75) is 32.2 Å². The van der Waals surface area contributed by atoms with Crippen LogP contribution >= 0.6 is 11.3 Å². The van der Waals surface area contributed by atoms with Crippen LogP contribution in [0.5, 0.6) is 0 Å². The van der Waals surface area contributed by atoms with E-state index in [-0.39, 0.29) is 23.7 Å². The molecule has 4 heterocycles. The van der Waals surface area contributed by atoms with Gasteiger partial charge in [-0.1, -0.05) is 11.2 Å². The minimum atomic E-state index is -0.164. The van der Waals surface area contributed by atoms with Gasteiger partial charge < -0.3 is 14.2 Å². The Morgan fingerprint density at radius 3 is 2.79 bits per heavy atom. The van der Waals surface area contributed by atoms with Crippen LogP contribution in [0.4, 0.5) is 0 Å². The molecule has 0 spiro atoms. The van der Waals surface area contributed by atoms with Crippen molar-refractivity contribution in [1.82, 2.24) is 19.9 Å². The first-order valence-corrected chi connectivity index (χ1v) is 11.0. The highest BCUT2D eigenvalue weighted by molar-refractivity contribution is 7.13. The van der Waals surface area contributed by atoms with E-state index < -0.39 is 0 Å². The van der Waals surface area contributed by atoms with Crippen molar-refractivity contribution < 1.29 is 18.8 Å². The van der Waals surface area contributed by atoms with Crippen LogP contribution in [0.25, 0.3) is 10.7 Å². The lowest BCUT2D eigenvalue weighted by Gasteiger charge is -2.37. The quantitative estimate of drug-likeness (QED) is 0.689. The third-order valence-electron chi connectivity index (χ3n) is 5.76. The number of amides is 1. The summed E-state index contributed by atoms with van der Waals surface area (Å²) in [5.74, 6) is 1.14. The van der Waals surface area contributed by atoms with Crippen molar-refractivity contribution in [2.24, 2.45) is 11.8 Å². The number of aromatic nitrogens is 2. The summed E-state index contributed by atoms with van der Waals surface area (Å²) in [5.41, 5.74) is 0. The van der Waals surface area contributed by atoms with Gasteiger partial charge in [0.15, 0.2) is 0 Å². The molecule has 8 nitrogen and oxygen atoms in total. The van der Waals surface area contributed by atoms with Crippen molar-refractivity contribution in [3.63, 3.8) is 0 Å². The number of esters is 1. The van der Waals surface area contributed by atoms with Gasteiger partial charge in [0, 0.05) is 19.6 Å². The molecule has 9 heteroatoms. The molecule has 0 N–H and O–H groups in total. The molecule has 0 aromatic carbocycles. The molecule has 2 aliphatic rings. The SMILES string of the molecule is COC(=O)C1CCN(C(=O)C2CCCN(Cc3nc(-c4cccs4)no3)C2)CC1. The number of nitrogens with zero attached hydrogens (tertiary/aromatic N) is 4. The molecule has 2 aliphatic heterocycles. The molecule has 2 aromatic rings. The Morgan fingerprint density at radius 1 is 1.24 bits per heavy atom. The Hall–Kier alpha value is -2.26. The molecule has 1 amide bonds. The number of likely N-dealkylation sites (tertiary alicyclic amines) is 2. The number of carbonyl (C=O) groups is 2. The van der Waals surface area contributed by atoms with E-state index in [1.807, 2.05) is 22.4 Å². The van der Waals surface area contributed by atoms with E-state index in [0.717, 1.165) is 24.3 Å². The average molecular weight is 419 g/mol. The largest absolute Gasteiger partial charge is 0.469 e. The van der Waals surface area contributed by atoms with E-state index in [4.69, 9.17) is 9.26 Å². The number of thiophene rings is 1. The zero-order valence-electron chi connectivity index (χ0n) is 16.6. The van der Waals surface area contributed by atoms with Gasteiger partial charge in [-0.25, -0.2) is 0 Å². The van der Waals surface area contributed by atoms with E-state index >= 15 is 0 Å². The van der Waals surface area contributed by atoms with Crippen molar-refractivity contribution in [3.05, 3.63) is 23.4 Å². The van der Waals surface area contributed by atoms with Crippen LogP contribution < -0.4 is 0 Å². The van der Waals surface area contributed by atoms with Crippen LogP contribution in [0.1, 0.15) is 31.6 Å². The smallest absolute Gasteiger partial charge is 0.308 e. The Kier molecular flexibility index (Phi) is 6.25. The molecule has 2 fully saturated rings. The lowest BCUT2D eigenvalue weighted by atomic mass is 9.93. The Morgan fingerprint density at radius 2 is 2.07 bits per heavy atom. The third kappa shape index (κ3) is 4.67. The monoisotopic (exact) mass is 418 g/mol. The topological polar surface area (TPSA) is 88.8 Å². The molecule has 1 atom stereocenters. The van der Waals surface area contributed by atoms with Crippen molar-refractivity contribution >= 4 is 23.2 Å². The highest BCUT2D eigenvalue weighted by Crippen LogP contribution is 2.25. The zero-order chi connectivity index (χ0) is 20.2. The average Bonchev–Trinajstić information content (AvgIpc) is 3.45. The summed E-state index contributed by atoms with van der Waals surface area (Å²) in [6.07, 6.45) is 3.24. The normalized spacial score (nSPS) is 21.3. The highest BCUT2D eigenvalue weighted by atomic mass is 32.1. The second-order valence-corrected chi connectivity index (χ2v) is 8.63. The minimum Gasteiger partial charge on any atom is -0.469 e. The zero-order valence-corrected chi connectivity index (χ0v) is 17.4. The maximum Gasteiger partial charge on any atom is 0.308 e. The Labute approximate surface area is 173 Å². The predicted octanol–water partition coefficient (Wildman–Crippen LogP) is 2.42. The first kappa shape index (κ1) is 20.0. The van der Waals surface area contributed by atoms with Gasteiger partial charge in [0.2, 0.25) is 17.6 Å². The number of ether oxygens (including phenoxy) is 1. The van der Waals surface area contributed by atoms with Gasteiger partial charge in [0.05, 0.1) is 30.4 Å². The van der Waals surface area contributed by atoms with E-state index in [9.17, 15) is 9.59 Å². The fraction of sp³-hybridized carbons (Fsp3) is 0.600. The second-order valence-electron chi connectivity index (χ2n) is 7.69. The van der Waals surface area contributed by atoms with Crippen molar-refractivity contribution in [2.75, 3.05) is 33.3 Å². The summed E-state index contributed by atoms with van der Waals surface area (Å²) in [5, 5.41) is 6.05. The molecule has 2 aromatic heterocycles. The lowest BCUT2D eigenvalue weighted by Crippen LogP contribution is -2.47. The maximum absolute atomic E-state index is 13.0. The summed E-state index contributed by atoms with van der Waals surface area (Å²) < 4.78 is 10.2. The second kappa shape index (κ2) is 9.04. The minimum absolute atomic E-state index is 0.0156. The molecule has 1 unspecified atom stereocenters. The van der Waals surface area contributed by atoms with E-state index in [2.05, 4.69) is 15.0 Å². The number of rotatable bonds is 5. The standard InChI is InChI=1S/C20H26N4O4S/c1-27-20(26)14-6-9-24(10-7-14)19(25)15-4-2-8-23(12-15)13-17-21-18(22-28-17)16-5-3-11-29-16/h3,5,11,14-15H,2,4,6-10,12-13H2,1H3. The van der Waals surface area contributed by atoms with Crippen molar-refractivity contribution in [1.29, 1.82) is 0 Å². The molecular formula is C20H26N4O4S. The molecule has 4 rings (SSSR count). The van der Waals surface area contributed by atoms with Gasteiger partial charge >= 0.3 is 5.97 Å². The van der Waals surface area contributed by atoms with Crippen LogP contribution in [-0.4, -0.2) is 65.1 Å². The van der Waals surface area contributed by atoms with E-state index in [1.54, 1.807) is 11.3 Å². The molecular weight excluding hydrogens is 392 g/mol. The fourth-order valence-electron chi connectivity index (χ4n) is 4.18. The van der Waals surface area contributed by atoms with Gasteiger partial charge in [0.25, 0.3) is 0 Å². The van der Waals surface area contributed by atoms with E-state index in [0.29, 0.717) is 50.7 Å². The first-order chi connectivity index (χ1) is 14.1. The number of carbonyl (C=O) groups excluding carboxylic acids is 2. The molecule has 156 valence electrons. The predicted molar refractivity (Wildman–Crippen MR) is 107 cm³/mol. The van der Waals surface area contributed by atoms with Crippen LogP contribution in [0, 0.1) is 11.8 Å². The fourth-order valence-corrected chi connectivity index (χ4v) is 4.83. The van der Waals surface area contributed by atoms with Gasteiger partial charge in [-0.15, -0.1) is 11.3 Å². The van der Waals surface area contributed by atoms with Gasteiger partial charge in [0.1, 0.15) is 0 Å². The van der Waals surface area contributed by atoms with Crippen LogP contribution in [0.15, 0.2) is 22.0 Å². The molecule has 0 aliphatic carbocycles. The molecule has 0 bridgehead atoms. The summed E-state index contributed by atoms with van der Waals surface area (Å²) in [6, 6.07) is 3.93. The van der Waals surface area contributed by atoms with Crippen LogP contribution in [0.3, 0.4) is 0 Å². The van der Waals surface area contributed by atoms with Gasteiger partial charge in [-0.2, -0.15) is 4.98 Å². The number of hydrogen-bond acceptors (Lipinski definition) is 8. The summed E-state index contributed by atoms with van der Waals surface area (Å²) >= 11 is 1.58. The van der Waals surface area contributed by atoms with Crippen LogP contribution in [-0.2, 0) is 20.9 Å². The number of hydrogen-bond donors (Lipinski definition) is 0. The van der Waals surface area contributed by atoms with Crippen molar-refractivity contribution in [3.8, 4) is 10.7 Å². The van der Waals surface area contributed by atoms with Crippen LogP contribution in [0.2, 0.25) is 0 Å². The van der Waals surface area contributed by atoms with E-state index in [1.165, 1.54) is 7.11 Å². The molecule has 0 saturated carbocycles. The highest BCUT2D eigenvalue weighted by Gasteiger charge is 2.33. The summed E-state index contributed by atoms with van der Waals surface area (Å²) in [6.45, 7) is 3.44. The summed E-state index contributed by atoms with van der Waals surface area (Å²) in [4.78, 5) is 34.3. The molecule has 0 radical (unpaired) electrons. The Balaban J connectivity index is 1.30. The summed E-state index contributed by atoms with van der Waals surface area (Å²) in [7, 11) is 1.42.